The van der Waals surface area contributed by atoms with E-state index in [4.69, 9.17) is 9.15 Å². The number of aromatic nitrogens is 1. The Kier molecular flexibility index (Phi) is 5.10. The highest BCUT2D eigenvalue weighted by Crippen LogP contribution is 2.29. The third kappa shape index (κ3) is 4.42. The molecule has 0 spiro atoms. The molecule has 0 saturated heterocycles. The van der Waals surface area contributed by atoms with E-state index >= 15 is 0 Å². The van der Waals surface area contributed by atoms with Crippen molar-refractivity contribution in [2.24, 2.45) is 0 Å². The molecule has 0 saturated carbocycles. The summed E-state index contributed by atoms with van der Waals surface area (Å²) in [6, 6.07) is 4.87. The van der Waals surface area contributed by atoms with E-state index in [-0.39, 0.29) is 11.5 Å². The van der Waals surface area contributed by atoms with Crippen LogP contribution >= 0.6 is 0 Å². The molecule has 0 fully saturated rings. The first-order chi connectivity index (χ1) is 10.1. The molecule has 114 valence electrons. The summed E-state index contributed by atoms with van der Waals surface area (Å²) in [6.45, 7) is -0.165. The van der Waals surface area contributed by atoms with Crippen molar-refractivity contribution in [3.8, 4) is 11.5 Å². The lowest BCUT2D eigenvalue weighted by Gasteiger charge is -2.11. The molecule has 1 N–H and O–H groups in total. The Morgan fingerprint density at radius 3 is 2.71 bits per heavy atom. The van der Waals surface area contributed by atoms with Crippen LogP contribution in [-0.2, 0) is 13.1 Å². The van der Waals surface area contributed by atoms with Crippen molar-refractivity contribution in [2.75, 3.05) is 7.11 Å². The molecular weight excluding hydrogens is 282 g/mol. The molecule has 1 aromatic carbocycles. The molecule has 1 heterocycles. The first-order valence-corrected chi connectivity index (χ1v) is 6.32. The molecule has 1 aromatic heterocycles. The predicted octanol–water partition coefficient (Wildman–Crippen LogP) is 2.88. The van der Waals surface area contributed by atoms with Crippen molar-refractivity contribution in [1.82, 2.24) is 10.3 Å². The van der Waals surface area contributed by atoms with Crippen LogP contribution in [-0.4, -0.2) is 18.7 Å². The number of nitrogens with one attached hydrogen (secondary N) is 1. The Bertz CT molecular complexity index is 587. The van der Waals surface area contributed by atoms with E-state index in [2.05, 4.69) is 15.0 Å². The van der Waals surface area contributed by atoms with E-state index in [1.807, 2.05) is 6.92 Å². The number of ether oxygens (including phenoxy) is 2. The van der Waals surface area contributed by atoms with Crippen LogP contribution in [0.2, 0.25) is 0 Å². The van der Waals surface area contributed by atoms with Gasteiger partial charge in [-0.05, 0) is 24.6 Å². The zero-order chi connectivity index (χ0) is 15.2. The van der Waals surface area contributed by atoms with Gasteiger partial charge in [0.15, 0.2) is 11.5 Å². The molecule has 21 heavy (non-hydrogen) atoms. The molecule has 0 unspecified atom stereocenters. The number of nitrogens with zero attached hydrogens (tertiary/aromatic N) is 1. The number of alkyl halides is 2. The number of halogens is 2. The molecule has 0 bridgehead atoms. The number of hydrogen-bond acceptors (Lipinski definition) is 5. The number of methoxy groups -OCH3 is 1. The van der Waals surface area contributed by atoms with Gasteiger partial charge in [-0.3, -0.25) is 0 Å². The number of oxazole rings is 1. The first kappa shape index (κ1) is 15.2. The van der Waals surface area contributed by atoms with Gasteiger partial charge >= 0.3 is 6.61 Å². The minimum absolute atomic E-state index is 0.0127. The molecule has 0 amide bonds. The fraction of sp³-hybridized carbons (Fsp3) is 0.357. The topological polar surface area (TPSA) is 56.5 Å². The number of hydrogen-bond donors (Lipinski definition) is 1. The summed E-state index contributed by atoms with van der Waals surface area (Å²) in [4.78, 5) is 4.06. The van der Waals surface area contributed by atoms with Crippen molar-refractivity contribution in [2.45, 2.75) is 26.6 Å². The van der Waals surface area contributed by atoms with E-state index in [1.54, 1.807) is 18.3 Å². The van der Waals surface area contributed by atoms with Gasteiger partial charge in [0.1, 0.15) is 5.76 Å². The van der Waals surface area contributed by atoms with Crippen LogP contribution in [0.1, 0.15) is 17.2 Å². The van der Waals surface area contributed by atoms with Gasteiger partial charge in [0.25, 0.3) is 0 Å². The van der Waals surface area contributed by atoms with Gasteiger partial charge in [-0.15, -0.1) is 0 Å². The van der Waals surface area contributed by atoms with Crippen molar-refractivity contribution in [3.05, 3.63) is 41.6 Å². The maximum atomic E-state index is 12.3. The van der Waals surface area contributed by atoms with Crippen LogP contribution in [0, 0.1) is 6.92 Å². The van der Waals surface area contributed by atoms with Crippen LogP contribution < -0.4 is 14.8 Å². The largest absolute Gasteiger partial charge is 0.493 e. The quantitative estimate of drug-likeness (QED) is 0.852. The zero-order valence-corrected chi connectivity index (χ0v) is 11.7. The second kappa shape index (κ2) is 7.03. The number of rotatable bonds is 7. The normalized spacial score (nSPS) is 10.9. The van der Waals surface area contributed by atoms with E-state index in [1.165, 1.54) is 13.2 Å². The molecule has 0 atom stereocenters. The summed E-state index contributed by atoms with van der Waals surface area (Å²) in [6.07, 6.45) is 1.64. The van der Waals surface area contributed by atoms with Gasteiger partial charge in [0, 0.05) is 6.54 Å². The Labute approximate surface area is 120 Å². The fourth-order valence-electron chi connectivity index (χ4n) is 1.82. The van der Waals surface area contributed by atoms with Gasteiger partial charge in [0.05, 0.1) is 19.9 Å². The molecule has 2 rings (SSSR count). The molecule has 7 heteroatoms. The van der Waals surface area contributed by atoms with Gasteiger partial charge in [-0.25, -0.2) is 4.98 Å². The highest BCUT2D eigenvalue weighted by Gasteiger charge is 2.11. The van der Waals surface area contributed by atoms with Crippen molar-refractivity contribution < 1.29 is 22.7 Å². The summed E-state index contributed by atoms with van der Waals surface area (Å²) >= 11 is 0. The predicted molar refractivity (Wildman–Crippen MR) is 71.4 cm³/mol. The molecule has 0 aliphatic carbocycles. The summed E-state index contributed by atoms with van der Waals surface area (Å²) in [5, 5.41) is 3.11. The van der Waals surface area contributed by atoms with Crippen LogP contribution in [0.4, 0.5) is 8.78 Å². The lowest BCUT2D eigenvalue weighted by Crippen LogP contribution is -2.13. The van der Waals surface area contributed by atoms with Crippen molar-refractivity contribution in [1.29, 1.82) is 0 Å². The Balaban J connectivity index is 1.96. The maximum absolute atomic E-state index is 12.3. The first-order valence-electron chi connectivity index (χ1n) is 6.32. The van der Waals surface area contributed by atoms with Gasteiger partial charge in [-0.2, -0.15) is 8.78 Å². The van der Waals surface area contributed by atoms with E-state index in [9.17, 15) is 8.78 Å². The second-order valence-electron chi connectivity index (χ2n) is 4.33. The third-order valence-electron chi connectivity index (χ3n) is 2.72. The Morgan fingerprint density at radius 1 is 1.29 bits per heavy atom. The standard InChI is InChI=1S/C14H16F2N2O3/c1-9-6-18-13(20-9)8-17-7-10-3-4-11(19-2)12(5-10)21-14(15)16/h3-6,14,17H,7-8H2,1-2H3. The van der Waals surface area contributed by atoms with Gasteiger partial charge in [-0.1, -0.05) is 6.07 Å². The average molecular weight is 298 g/mol. The second-order valence-corrected chi connectivity index (χ2v) is 4.33. The van der Waals surface area contributed by atoms with Crippen LogP contribution in [0.5, 0.6) is 11.5 Å². The lowest BCUT2D eigenvalue weighted by atomic mass is 10.2. The zero-order valence-electron chi connectivity index (χ0n) is 11.7. The van der Waals surface area contributed by atoms with Crippen LogP contribution in [0.25, 0.3) is 0 Å². The minimum Gasteiger partial charge on any atom is -0.493 e. The van der Waals surface area contributed by atoms with Crippen molar-refractivity contribution >= 4 is 0 Å². The lowest BCUT2D eigenvalue weighted by molar-refractivity contribution is -0.0512. The average Bonchev–Trinajstić information content (AvgIpc) is 2.84. The van der Waals surface area contributed by atoms with Gasteiger partial charge in [0.2, 0.25) is 5.89 Å². The summed E-state index contributed by atoms with van der Waals surface area (Å²) in [7, 11) is 1.40. The van der Waals surface area contributed by atoms with E-state index in [0.29, 0.717) is 19.0 Å². The molecule has 0 aliphatic heterocycles. The molecule has 0 radical (unpaired) electrons. The summed E-state index contributed by atoms with van der Waals surface area (Å²) in [5.41, 5.74) is 0.787. The molecule has 5 nitrogen and oxygen atoms in total. The van der Waals surface area contributed by atoms with E-state index < -0.39 is 6.61 Å². The molecule has 0 aliphatic rings. The summed E-state index contributed by atoms with van der Waals surface area (Å²) in [5.74, 6) is 1.59. The minimum atomic E-state index is -2.89. The number of benzene rings is 1. The SMILES string of the molecule is COc1ccc(CNCc2ncc(C)o2)cc1OC(F)F. The highest BCUT2D eigenvalue weighted by atomic mass is 19.3. The Morgan fingerprint density at radius 2 is 2.10 bits per heavy atom. The molecular formula is C14H16F2N2O3. The molecule has 2 aromatic rings. The van der Waals surface area contributed by atoms with Crippen LogP contribution in [0.15, 0.2) is 28.8 Å². The Hall–Kier alpha value is -2.15. The van der Waals surface area contributed by atoms with Crippen LogP contribution in [0.3, 0.4) is 0 Å². The smallest absolute Gasteiger partial charge is 0.387 e. The number of aryl methyl sites for hydroxylation is 1. The fourth-order valence-corrected chi connectivity index (χ4v) is 1.82. The summed E-state index contributed by atoms with van der Waals surface area (Å²) < 4.78 is 39.4. The van der Waals surface area contributed by atoms with Gasteiger partial charge < -0.3 is 19.2 Å². The maximum Gasteiger partial charge on any atom is 0.387 e. The monoisotopic (exact) mass is 298 g/mol. The highest BCUT2D eigenvalue weighted by molar-refractivity contribution is 5.42. The van der Waals surface area contributed by atoms with E-state index in [0.717, 1.165) is 11.3 Å². The third-order valence-corrected chi connectivity index (χ3v) is 2.72. The van der Waals surface area contributed by atoms with Crippen molar-refractivity contribution in [3.63, 3.8) is 0 Å².